The van der Waals surface area contributed by atoms with Crippen LogP contribution in [0.5, 0.6) is 5.75 Å². The number of phenolic OH excluding ortho intramolecular Hbond substituents is 1. The van der Waals surface area contributed by atoms with Gasteiger partial charge in [0, 0.05) is 23.9 Å². The van der Waals surface area contributed by atoms with E-state index in [0.29, 0.717) is 11.8 Å². The Kier molecular flexibility index (Phi) is 5.79. The van der Waals surface area contributed by atoms with Gasteiger partial charge < -0.3 is 15.3 Å². The maximum atomic E-state index is 12.2. The fourth-order valence-electron chi connectivity index (χ4n) is 2.71. The molecule has 4 nitrogen and oxygen atoms in total. The van der Waals surface area contributed by atoms with Gasteiger partial charge in [0.1, 0.15) is 5.75 Å². The Hall–Kier alpha value is -1.36. The first-order valence-corrected chi connectivity index (χ1v) is 8.55. The molecule has 0 heterocycles. The Morgan fingerprint density at radius 2 is 2.19 bits per heavy atom. The van der Waals surface area contributed by atoms with Gasteiger partial charge in [0.15, 0.2) is 0 Å². The van der Waals surface area contributed by atoms with Crippen molar-refractivity contribution >= 4 is 17.8 Å². The highest BCUT2D eigenvalue weighted by molar-refractivity contribution is 7.99. The second-order valence-corrected chi connectivity index (χ2v) is 7.10. The molecule has 2 atom stereocenters. The Morgan fingerprint density at radius 3 is 2.90 bits per heavy atom. The number of thioether (sulfide) groups is 1. The molecule has 0 radical (unpaired) electrons. The number of phenols is 1. The first kappa shape index (κ1) is 16.0. The van der Waals surface area contributed by atoms with Crippen LogP contribution in [-0.2, 0) is 6.54 Å². The van der Waals surface area contributed by atoms with E-state index in [2.05, 4.69) is 12.2 Å². The molecule has 0 bridgehead atoms. The fourth-order valence-corrected chi connectivity index (χ4v) is 3.86. The predicted molar refractivity (Wildman–Crippen MR) is 87.7 cm³/mol. The number of aromatic hydroxyl groups is 1. The van der Waals surface area contributed by atoms with Crippen molar-refractivity contribution in [2.24, 2.45) is 0 Å². The van der Waals surface area contributed by atoms with E-state index in [-0.39, 0.29) is 17.8 Å². The predicted octanol–water partition coefficient (Wildman–Crippen LogP) is 3.21. The van der Waals surface area contributed by atoms with Crippen LogP contribution in [-0.4, -0.2) is 40.1 Å². The average molecular weight is 308 g/mol. The zero-order valence-corrected chi connectivity index (χ0v) is 13.5. The molecule has 0 saturated heterocycles. The Balaban J connectivity index is 1.82. The summed E-state index contributed by atoms with van der Waals surface area (Å²) in [6, 6.07) is 7.35. The third kappa shape index (κ3) is 4.56. The van der Waals surface area contributed by atoms with E-state index in [4.69, 9.17) is 0 Å². The van der Waals surface area contributed by atoms with Crippen LogP contribution >= 0.6 is 11.8 Å². The lowest BCUT2D eigenvalue weighted by atomic mass is 10.2. The van der Waals surface area contributed by atoms with Crippen LogP contribution < -0.4 is 5.32 Å². The molecule has 1 fully saturated rings. The molecule has 116 valence electrons. The van der Waals surface area contributed by atoms with Crippen molar-refractivity contribution in [1.29, 1.82) is 0 Å². The number of rotatable bonds is 5. The first-order chi connectivity index (χ1) is 10.1. The van der Waals surface area contributed by atoms with Gasteiger partial charge in [0.2, 0.25) is 0 Å². The highest BCUT2D eigenvalue weighted by atomic mass is 32.2. The Bertz CT molecular complexity index is 481. The highest BCUT2D eigenvalue weighted by Crippen LogP contribution is 2.29. The van der Waals surface area contributed by atoms with Gasteiger partial charge >= 0.3 is 6.03 Å². The summed E-state index contributed by atoms with van der Waals surface area (Å²) in [5, 5.41) is 13.5. The van der Waals surface area contributed by atoms with Crippen LogP contribution in [0.4, 0.5) is 4.79 Å². The maximum absolute atomic E-state index is 12.2. The minimum atomic E-state index is -0.0644. The number of benzene rings is 1. The summed E-state index contributed by atoms with van der Waals surface area (Å²) >= 11 is 1.98. The van der Waals surface area contributed by atoms with Gasteiger partial charge in [-0.2, -0.15) is 11.8 Å². The molecule has 0 unspecified atom stereocenters. The van der Waals surface area contributed by atoms with Crippen molar-refractivity contribution in [3.63, 3.8) is 0 Å². The third-order valence-corrected chi connectivity index (χ3v) is 5.09. The van der Waals surface area contributed by atoms with Gasteiger partial charge in [0.25, 0.3) is 0 Å². The molecule has 1 aliphatic rings. The van der Waals surface area contributed by atoms with E-state index in [1.165, 1.54) is 6.42 Å². The molecule has 5 heteroatoms. The summed E-state index contributed by atoms with van der Waals surface area (Å²) in [6.45, 7) is 2.59. The number of urea groups is 1. The molecular formula is C16H24N2O2S. The topological polar surface area (TPSA) is 52.6 Å². The molecule has 1 saturated carbocycles. The van der Waals surface area contributed by atoms with Crippen LogP contribution in [0.3, 0.4) is 0 Å². The van der Waals surface area contributed by atoms with E-state index in [1.807, 2.05) is 23.9 Å². The quantitative estimate of drug-likeness (QED) is 0.878. The van der Waals surface area contributed by atoms with Crippen LogP contribution in [0.1, 0.15) is 31.7 Å². The third-order valence-electron chi connectivity index (χ3n) is 3.86. The lowest BCUT2D eigenvalue weighted by molar-refractivity contribution is 0.202. The minimum Gasteiger partial charge on any atom is -0.508 e. The Morgan fingerprint density at radius 1 is 1.43 bits per heavy atom. The van der Waals surface area contributed by atoms with Crippen LogP contribution in [0.15, 0.2) is 24.3 Å². The lowest BCUT2D eigenvalue weighted by Gasteiger charge is -2.21. The molecule has 21 heavy (non-hydrogen) atoms. The van der Waals surface area contributed by atoms with E-state index >= 15 is 0 Å². The summed E-state index contributed by atoms with van der Waals surface area (Å²) in [4.78, 5) is 13.8. The number of nitrogens with one attached hydrogen (secondary N) is 1. The second kappa shape index (κ2) is 7.59. The number of carbonyl (C=O) groups is 1. The second-order valence-electron chi connectivity index (χ2n) is 5.52. The summed E-state index contributed by atoms with van der Waals surface area (Å²) < 4.78 is 0. The summed E-state index contributed by atoms with van der Waals surface area (Å²) in [5.74, 6) is 1.37. The molecule has 0 aliphatic heterocycles. The molecule has 1 aromatic rings. The van der Waals surface area contributed by atoms with Crippen molar-refractivity contribution in [2.45, 2.75) is 44.0 Å². The molecule has 2 rings (SSSR count). The molecule has 0 aromatic heterocycles. The summed E-state index contributed by atoms with van der Waals surface area (Å²) in [5.41, 5.74) is 0.765. The number of hydrogen-bond acceptors (Lipinski definition) is 3. The van der Waals surface area contributed by atoms with Gasteiger partial charge in [-0.3, -0.25) is 0 Å². The van der Waals surface area contributed by atoms with E-state index in [0.717, 1.165) is 24.2 Å². The van der Waals surface area contributed by atoms with Crippen LogP contribution in [0, 0.1) is 0 Å². The van der Waals surface area contributed by atoms with Crippen molar-refractivity contribution in [3.05, 3.63) is 29.8 Å². The number of carbonyl (C=O) groups excluding carboxylic acids is 1. The van der Waals surface area contributed by atoms with Gasteiger partial charge in [-0.15, -0.1) is 0 Å². The fraction of sp³-hybridized carbons (Fsp3) is 0.562. The van der Waals surface area contributed by atoms with Crippen molar-refractivity contribution in [1.82, 2.24) is 10.2 Å². The van der Waals surface area contributed by atoms with Gasteiger partial charge in [-0.1, -0.05) is 25.1 Å². The van der Waals surface area contributed by atoms with E-state index in [1.54, 1.807) is 24.1 Å². The molecule has 1 aliphatic carbocycles. The lowest BCUT2D eigenvalue weighted by Crippen LogP contribution is -2.41. The number of nitrogens with zero attached hydrogens (tertiary/aromatic N) is 1. The van der Waals surface area contributed by atoms with E-state index < -0.39 is 0 Å². The number of amides is 2. The Labute approximate surface area is 130 Å². The molecule has 0 spiro atoms. The summed E-state index contributed by atoms with van der Waals surface area (Å²) in [6.07, 6.45) is 3.31. The summed E-state index contributed by atoms with van der Waals surface area (Å²) in [7, 11) is 1.76. The monoisotopic (exact) mass is 308 g/mol. The largest absolute Gasteiger partial charge is 0.508 e. The standard InChI is InChI=1S/C16H24N2O2S/c1-3-21-14-9-8-13(10-14)17-16(20)18(2)11-12-6-4-5-7-15(12)19/h4-7,13-14,19H,3,8-11H2,1-2H3,(H,17,20)/t13-,14-/m1/s1. The van der Waals surface area contributed by atoms with E-state index in [9.17, 15) is 9.90 Å². The molecular weight excluding hydrogens is 284 g/mol. The zero-order valence-electron chi connectivity index (χ0n) is 12.7. The molecule has 2 N–H and O–H groups in total. The normalized spacial score (nSPS) is 21.2. The average Bonchev–Trinajstić information content (AvgIpc) is 2.89. The smallest absolute Gasteiger partial charge is 0.317 e. The van der Waals surface area contributed by atoms with Crippen molar-refractivity contribution < 1.29 is 9.90 Å². The van der Waals surface area contributed by atoms with Gasteiger partial charge in [0.05, 0.1) is 6.54 Å². The number of para-hydroxylation sites is 1. The van der Waals surface area contributed by atoms with Crippen LogP contribution in [0.2, 0.25) is 0 Å². The zero-order chi connectivity index (χ0) is 15.2. The van der Waals surface area contributed by atoms with Gasteiger partial charge in [-0.25, -0.2) is 4.79 Å². The SMILES string of the molecule is CCS[C@@H]1CC[C@@H](NC(=O)N(C)Cc2ccccc2O)C1. The molecule has 2 amide bonds. The maximum Gasteiger partial charge on any atom is 0.317 e. The first-order valence-electron chi connectivity index (χ1n) is 7.50. The minimum absolute atomic E-state index is 0.0644. The number of hydrogen-bond donors (Lipinski definition) is 2. The van der Waals surface area contributed by atoms with Crippen molar-refractivity contribution in [3.8, 4) is 5.75 Å². The van der Waals surface area contributed by atoms with Gasteiger partial charge in [-0.05, 0) is 31.1 Å². The highest BCUT2D eigenvalue weighted by Gasteiger charge is 2.26. The molecule has 1 aromatic carbocycles. The van der Waals surface area contributed by atoms with Crippen molar-refractivity contribution in [2.75, 3.05) is 12.8 Å². The van der Waals surface area contributed by atoms with Crippen LogP contribution in [0.25, 0.3) is 0 Å².